The maximum Gasteiger partial charge on any atom is 0.139 e. The minimum atomic E-state index is 0.0701. The van der Waals surface area contributed by atoms with Crippen LogP contribution in [0.15, 0.2) is 0 Å². The molecule has 2 saturated heterocycles. The quantitative estimate of drug-likeness (QED) is 0.646. The Balaban J connectivity index is 1.89. The van der Waals surface area contributed by atoms with Crippen LogP contribution in [-0.4, -0.2) is 52.5 Å². The molecule has 2 heterocycles. The van der Waals surface area contributed by atoms with Crippen molar-refractivity contribution in [3.63, 3.8) is 0 Å². The van der Waals surface area contributed by atoms with Crippen molar-refractivity contribution in [2.75, 3.05) is 46.9 Å². The molecule has 0 amide bonds. The maximum absolute atomic E-state index is 5.91. The van der Waals surface area contributed by atoms with Crippen LogP contribution in [-0.2, 0) is 4.74 Å². The van der Waals surface area contributed by atoms with Crippen LogP contribution in [0.1, 0.15) is 39.5 Å². The fraction of sp³-hybridized carbons (Fsp3) is 0.882. The molecule has 2 N–H and O–H groups in total. The molecule has 114 valence electrons. The highest BCUT2D eigenvalue weighted by molar-refractivity contribution is 4.99. The van der Waals surface area contributed by atoms with E-state index in [0.717, 1.165) is 19.7 Å². The summed E-state index contributed by atoms with van der Waals surface area (Å²) >= 11 is 0. The number of quaternary nitrogens is 2. The summed E-state index contributed by atoms with van der Waals surface area (Å²) in [6, 6.07) is 0. The summed E-state index contributed by atoms with van der Waals surface area (Å²) < 4.78 is 5.91. The molecule has 0 saturated carbocycles. The van der Waals surface area contributed by atoms with Gasteiger partial charge in [0.2, 0.25) is 0 Å². The third kappa shape index (κ3) is 4.48. The van der Waals surface area contributed by atoms with Crippen molar-refractivity contribution in [3.05, 3.63) is 0 Å². The zero-order valence-electron chi connectivity index (χ0n) is 13.8. The van der Waals surface area contributed by atoms with Crippen LogP contribution in [0.4, 0.5) is 0 Å². The minimum Gasteiger partial charge on any atom is -0.376 e. The van der Waals surface area contributed by atoms with Crippen LogP contribution in [0.25, 0.3) is 0 Å². The van der Waals surface area contributed by atoms with Gasteiger partial charge in [-0.05, 0) is 51.4 Å². The maximum atomic E-state index is 5.91. The predicted octanol–water partition coefficient (Wildman–Crippen LogP) is -0.612. The first-order valence-corrected chi connectivity index (χ1v) is 8.13. The molecule has 0 aromatic heterocycles. The van der Waals surface area contributed by atoms with Crippen molar-refractivity contribution in [2.45, 2.75) is 45.1 Å². The van der Waals surface area contributed by atoms with E-state index in [1.54, 1.807) is 4.90 Å². The molecule has 0 aromatic rings. The van der Waals surface area contributed by atoms with Crippen LogP contribution < -0.4 is 9.80 Å². The number of rotatable bonds is 2. The zero-order valence-corrected chi connectivity index (χ0v) is 13.8. The average Bonchev–Trinajstić information content (AvgIpc) is 2.33. The first-order valence-electron chi connectivity index (χ1n) is 8.13. The van der Waals surface area contributed by atoms with Gasteiger partial charge in [0.05, 0.1) is 32.8 Å². The predicted molar refractivity (Wildman–Crippen MR) is 81.9 cm³/mol. The van der Waals surface area contributed by atoms with Gasteiger partial charge in [-0.1, -0.05) is 0 Å². The molecule has 2 aliphatic rings. The van der Waals surface area contributed by atoms with Gasteiger partial charge in [-0.2, -0.15) is 0 Å². The highest BCUT2D eigenvalue weighted by Gasteiger charge is 2.45. The molecule has 2 atom stereocenters. The van der Waals surface area contributed by atoms with Gasteiger partial charge in [0.1, 0.15) is 13.1 Å². The van der Waals surface area contributed by atoms with E-state index in [2.05, 4.69) is 39.8 Å². The lowest BCUT2D eigenvalue weighted by Gasteiger charge is -2.47. The Morgan fingerprint density at radius 1 is 1.20 bits per heavy atom. The number of hydrogen-bond acceptors (Lipinski definition) is 1. The highest BCUT2D eigenvalue weighted by Crippen LogP contribution is 2.42. The lowest BCUT2D eigenvalue weighted by atomic mass is 9.69. The molecule has 1 unspecified atom stereocenters. The minimum absolute atomic E-state index is 0.0701. The number of likely N-dealkylation sites (tertiary alicyclic amines) is 1. The van der Waals surface area contributed by atoms with Crippen LogP contribution >= 0.6 is 0 Å². The van der Waals surface area contributed by atoms with E-state index >= 15 is 0 Å². The van der Waals surface area contributed by atoms with Gasteiger partial charge in [-0.15, -0.1) is 0 Å². The van der Waals surface area contributed by atoms with Crippen LogP contribution in [0.2, 0.25) is 0 Å². The van der Waals surface area contributed by atoms with Gasteiger partial charge < -0.3 is 14.5 Å². The van der Waals surface area contributed by atoms with Crippen LogP contribution in [0.5, 0.6) is 0 Å². The Morgan fingerprint density at radius 3 is 2.70 bits per heavy atom. The van der Waals surface area contributed by atoms with Crippen molar-refractivity contribution in [1.29, 1.82) is 0 Å². The molecule has 1 spiro atoms. The summed E-state index contributed by atoms with van der Waals surface area (Å²) in [5, 5.41) is 0. The number of hydrogen-bond donors (Lipinski definition) is 2. The summed E-state index contributed by atoms with van der Waals surface area (Å²) in [6.45, 7) is 10.0. The summed E-state index contributed by atoms with van der Waals surface area (Å²) in [5.74, 6) is 6.70. The fourth-order valence-electron chi connectivity index (χ4n) is 3.95. The highest BCUT2D eigenvalue weighted by atomic mass is 16.5. The van der Waals surface area contributed by atoms with E-state index in [1.807, 2.05) is 0 Å². The summed E-state index contributed by atoms with van der Waals surface area (Å²) in [5.41, 5.74) is 0.588. The lowest BCUT2D eigenvalue weighted by Crippen LogP contribution is -3.14. The van der Waals surface area contributed by atoms with Gasteiger partial charge in [0.25, 0.3) is 0 Å². The van der Waals surface area contributed by atoms with Gasteiger partial charge >= 0.3 is 0 Å². The molecule has 2 fully saturated rings. The van der Waals surface area contributed by atoms with Gasteiger partial charge in [0, 0.05) is 12.0 Å². The lowest BCUT2D eigenvalue weighted by molar-refractivity contribution is -0.906. The second-order valence-corrected chi connectivity index (χ2v) is 7.73. The molecule has 0 aliphatic carbocycles. The van der Waals surface area contributed by atoms with E-state index in [4.69, 9.17) is 4.74 Å². The molecule has 0 radical (unpaired) electrons. The normalized spacial score (nSPS) is 33.0. The van der Waals surface area contributed by atoms with E-state index in [1.165, 1.54) is 43.7 Å². The Kier molecular flexibility index (Phi) is 5.12. The number of ether oxygens (including phenoxy) is 1. The largest absolute Gasteiger partial charge is 0.376 e. The molecule has 2 aliphatic heterocycles. The van der Waals surface area contributed by atoms with E-state index in [9.17, 15) is 0 Å². The number of nitrogens with one attached hydrogen (secondary N) is 2. The molecule has 0 bridgehead atoms. The molecule has 3 nitrogen and oxygen atoms in total. The van der Waals surface area contributed by atoms with Crippen molar-refractivity contribution in [2.24, 2.45) is 5.41 Å². The standard InChI is InChI=1S/C17H30N2O/c1-16(2)14-17(9-13-20-16)8-7-12-19(15-17)11-6-5-10-18(3)4/h7-15H2,1-4H3/p+2/t17-/m0/s1. The molecule has 20 heavy (non-hydrogen) atoms. The van der Waals surface area contributed by atoms with Gasteiger partial charge in [0.15, 0.2) is 0 Å². The topological polar surface area (TPSA) is 18.1 Å². The van der Waals surface area contributed by atoms with Crippen molar-refractivity contribution < 1.29 is 14.5 Å². The Bertz CT molecular complexity index is 376. The Labute approximate surface area is 124 Å². The molecule has 3 heteroatoms. The molecule has 0 aromatic carbocycles. The van der Waals surface area contributed by atoms with Crippen molar-refractivity contribution >= 4 is 0 Å². The molecular formula is C17H32N2O+2. The van der Waals surface area contributed by atoms with Gasteiger partial charge in [-0.3, -0.25) is 0 Å². The second-order valence-electron chi connectivity index (χ2n) is 7.73. The third-order valence-corrected chi connectivity index (χ3v) is 4.69. The van der Waals surface area contributed by atoms with Crippen LogP contribution in [0.3, 0.4) is 0 Å². The Morgan fingerprint density at radius 2 is 2.00 bits per heavy atom. The smallest absolute Gasteiger partial charge is 0.139 e. The van der Waals surface area contributed by atoms with E-state index in [0.29, 0.717) is 5.41 Å². The number of piperidine rings is 1. The SMILES string of the molecule is C[NH+](C)CC#CC[NH+]1CCC[C@@]2(CCOC(C)(C)C2)C1. The third-order valence-electron chi connectivity index (χ3n) is 4.69. The zero-order chi connectivity index (χ0) is 14.6. The summed E-state index contributed by atoms with van der Waals surface area (Å²) in [6.07, 6.45) is 5.21. The summed E-state index contributed by atoms with van der Waals surface area (Å²) in [7, 11) is 4.31. The van der Waals surface area contributed by atoms with E-state index in [-0.39, 0.29) is 5.60 Å². The van der Waals surface area contributed by atoms with Gasteiger partial charge in [-0.25, -0.2) is 0 Å². The van der Waals surface area contributed by atoms with Crippen molar-refractivity contribution in [1.82, 2.24) is 0 Å². The van der Waals surface area contributed by atoms with E-state index < -0.39 is 0 Å². The first kappa shape index (κ1) is 15.8. The molecular weight excluding hydrogens is 248 g/mol. The van der Waals surface area contributed by atoms with Crippen LogP contribution in [0, 0.1) is 17.3 Å². The van der Waals surface area contributed by atoms with Crippen molar-refractivity contribution in [3.8, 4) is 11.8 Å². The first-order chi connectivity index (χ1) is 9.41. The fourth-order valence-corrected chi connectivity index (χ4v) is 3.95. The second kappa shape index (κ2) is 6.47. The summed E-state index contributed by atoms with van der Waals surface area (Å²) in [4.78, 5) is 3.10. The molecule has 2 rings (SSSR count). The monoisotopic (exact) mass is 280 g/mol. The Hall–Kier alpha value is -0.560. The average molecular weight is 280 g/mol.